The van der Waals surface area contributed by atoms with Crippen LogP contribution in [0.5, 0.6) is 0 Å². The van der Waals surface area contributed by atoms with E-state index in [0.717, 1.165) is 24.4 Å². The molecule has 2 aliphatic rings. The normalized spacial score (nSPS) is 41.0. The molecule has 0 aliphatic heterocycles. The first-order valence-corrected chi connectivity index (χ1v) is 5.16. The lowest BCUT2D eigenvalue weighted by molar-refractivity contribution is 0.0242. The lowest BCUT2D eigenvalue weighted by Gasteiger charge is -2.22. The van der Waals surface area contributed by atoms with E-state index in [0.29, 0.717) is 12.6 Å². The molecule has 0 spiro atoms. The number of hydrogen-bond acceptors (Lipinski definition) is 2. The Morgan fingerprint density at radius 3 is 2.50 bits per heavy atom. The molecule has 2 fully saturated rings. The summed E-state index contributed by atoms with van der Waals surface area (Å²) in [6, 6.07) is 0. The van der Waals surface area contributed by atoms with Crippen LogP contribution >= 0.6 is 0 Å². The van der Waals surface area contributed by atoms with Gasteiger partial charge in [0.25, 0.3) is 0 Å². The van der Waals surface area contributed by atoms with E-state index in [1.165, 1.54) is 19.3 Å². The summed E-state index contributed by atoms with van der Waals surface area (Å²) in [4.78, 5) is 0. The molecule has 0 heterocycles. The summed E-state index contributed by atoms with van der Waals surface area (Å²) < 4.78 is 5.62. The van der Waals surface area contributed by atoms with Crippen molar-refractivity contribution in [2.75, 3.05) is 13.2 Å². The van der Waals surface area contributed by atoms with Crippen molar-refractivity contribution in [3.05, 3.63) is 0 Å². The van der Waals surface area contributed by atoms with Gasteiger partial charge in [-0.05, 0) is 43.9 Å². The maximum Gasteiger partial charge on any atom is 0.0725 e. The average molecular weight is 169 g/mol. The fraction of sp³-hybridized carbons (Fsp3) is 1.00. The minimum absolute atomic E-state index is 0.350. The van der Waals surface area contributed by atoms with Crippen molar-refractivity contribution in [2.45, 2.75) is 32.3 Å². The van der Waals surface area contributed by atoms with E-state index in [4.69, 9.17) is 10.5 Å². The molecule has 2 heteroatoms. The van der Waals surface area contributed by atoms with Gasteiger partial charge in [0.05, 0.1) is 6.10 Å². The third-order valence-electron chi connectivity index (χ3n) is 3.42. The highest BCUT2D eigenvalue weighted by atomic mass is 16.5. The Balaban J connectivity index is 1.81. The molecule has 2 saturated carbocycles. The van der Waals surface area contributed by atoms with Crippen molar-refractivity contribution in [1.82, 2.24) is 0 Å². The van der Waals surface area contributed by atoms with E-state index < -0.39 is 0 Å². The van der Waals surface area contributed by atoms with E-state index in [9.17, 15) is 0 Å². The fourth-order valence-corrected chi connectivity index (χ4v) is 2.68. The Bertz CT molecular complexity index is 150. The van der Waals surface area contributed by atoms with Crippen LogP contribution in [0.15, 0.2) is 0 Å². The summed E-state index contributed by atoms with van der Waals surface area (Å²) in [5, 5.41) is 0. The van der Waals surface area contributed by atoms with Gasteiger partial charge >= 0.3 is 0 Å². The van der Waals surface area contributed by atoms with E-state index in [1.54, 1.807) is 0 Å². The first-order chi connectivity index (χ1) is 5.85. The summed E-state index contributed by atoms with van der Waals surface area (Å²) >= 11 is 0. The number of rotatable bonds is 4. The second kappa shape index (κ2) is 3.35. The van der Waals surface area contributed by atoms with Gasteiger partial charge in [-0.3, -0.25) is 0 Å². The molecule has 0 aromatic heterocycles. The molecule has 0 amide bonds. The lowest BCUT2D eigenvalue weighted by Crippen LogP contribution is -2.31. The topological polar surface area (TPSA) is 35.2 Å². The Kier molecular flexibility index (Phi) is 2.37. The van der Waals surface area contributed by atoms with Gasteiger partial charge in [-0.15, -0.1) is 0 Å². The zero-order valence-electron chi connectivity index (χ0n) is 7.83. The van der Waals surface area contributed by atoms with Crippen LogP contribution in [-0.4, -0.2) is 19.3 Å². The summed E-state index contributed by atoms with van der Waals surface area (Å²) in [5.74, 6) is 2.87. The molecule has 70 valence electrons. The Morgan fingerprint density at radius 1 is 1.33 bits per heavy atom. The highest BCUT2D eigenvalue weighted by Crippen LogP contribution is 2.55. The monoisotopic (exact) mass is 169 g/mol. The van der Waals surface area contributed by atoms with Crippen LogP contribution in [0, 0.1) is 17.8 Å². The summed E-state index contributed by atoms with van der Waals surface area (Å²) in [5.41, 5.74) is 5.67. The maximum atomic E-state index is 5.67. The maximum absolute atomic E-state index is 5.67. The average Bonchev–Trinajstić information content (AvgIpc) is 2.70. The van der Waals surface area contributed by atoms with Crippen molar-refractivity contribution in [3.8, 4) is 0 Å². The molecule has 2 rings (SSSR count). The number of fused-ring (bicyclic) bond motifs is 1. The van der Waals surface area contributed by atoms with Crippen molar-refractivity contribution in [1.29, 1.82) is 0 Å². The molecule has 0 aromatic carbocycles. The second-order valence-electron chi connectivity index (χ2n) is 4.22. The number of ether oxygens (including phenoxy) is 1. The minimum Gasteiger partial charge on any atom is -0.377 e. The van der Waals surface area contributed by atoms with Crippen molar-refractivity contribution < 1.29 is 4.74 Å². The first kappa shape index (κ1) is 8.52. The van der Waals surface area contributed by atoms with Crippen LogP contribution in [0.2, 0.25) is 0 Å². The first-order valence-electron chi connectivity index (χ1n) is 5.16. The number of nitrogens with two attached hydrogens (primary N) is 1. The molecule has 2 nitrogen and oxygen atoms in total. The van der Waals surface area contributed by atoms with Crippen LogP contribution in [-0.2, 0) is 4.74 Å². The molecule has 2 aliphatic carbocycles. The highest BCUT2D eigenvalue weighted by molar-refractivity contribution is 4.98. The van der Waals surface area contributed by atoms with E-state index in [1.807, 2.05) is 0 Å². The third kappa shape index (κ3) is 1.50. The van der Waals surface area contributed by atoms with Gasteiger partial charge in [0.2, 0.25) is 0 Å². The molecule has 3 unspecified atom stereocenters. The van der Waals surface area contributed by atoms with E-state index in [-0.39, 0.29) is 0 Å². The predicted molar refractivity (Wildman–Crippen MR) is 48.8 cm³/mol. The Labute approximate surface area is 74.5 Å². The Morgan fingerprint density at radius 2 is 2.00 bits per heavy atom. The zero-order valence-corrected chi connectivity index (χ0v) is 7.83. The summed E-state index contributed by atoms with van der Waals surface area (Å²) in [6.07, 6.45) is 4.60. The minimum atomic E-state index is 0.350. The van der Waals surface area contributed by atoms with E-state index in [2.05, 4.69) is 6.92 Å². The molecular formula is C10H19NO. The van der Waals surface area contributed by atoms with Crippen molar-refractivity contribution >= 4 is 0 Å². The van der Waals surface area contributed by atoms with Crippen molar-refractivity contribution in [2.24, 2.45) is 23.5 Å². The molecule has 0 saturated heterocycles. The second-order valence-corrected chi connectivity index (χ2v) is 4.22. The quantitative estimate of drug-likeness (QED) is 0.690. The van der Waals surface area contributed by atoms with Gasteiger partial charge in [0.15, 0.2) is 0 Å². The summed E-state index contributed by atoms with van der Waals surface area (Å²) in [7, 11) is 0. The van der Waals surface area contributed by atoms with Crippen LogP contribution < -0.4 is 5.73 Å². The van der Waals surface area contributed by atoms with Crippen LogP contribution in [0.25, 0.3) is 0 Å². The zero-order chi connectivity index (χ0) is 8.55. The predicted octanol–water partition coefficient (Wildman–Crippen LogP) is 1.40. The van der Waals surface area contributed by atoms with Gasteiger partial charge in [-0.2, -0.15) is 0 Å². The third-order valence-corrected chi connectivity index (χ3v) is 3.42. The highest BCUT2D eigenvalue weighted by Gasteiger charge is 2.47. The molecule has 0 bridgehead atoms. The molecule has 0 radical (unpaired) electrons. The van der Waals surface area contributed by atoms with Gasteiger partial charge < -0.3 is 10.5 Å². The van der Waals surface area contributed by atoms with Gasteiger partial charge in [0, 0.05) is 13.2 Å². The smallest absolute Gasteiger partial charge is 0.0725 e. The van der Waals surface area contributed by atoms with Crippen LogP contribution in [0.3, 0.4) is 0 Å². The van der Waals surface area contributed by atoms with Crippen LogP contribution in [0.1, 0.15) is 26.2 Å². The van der Waals surface area contributed by atoms with E-state index >= 15 is 0 Å². The van der Waals surface area contributed by atoms with Gasteiger partial charge in [-0.1, -0.05) is 0 Å². The SMILES string of the molecule is CCOC(CN)C1CC2CC2C1. The number of hydrogen-bond donors (Lipinski definition) is 1. The fourth-order valence-electron chi connectivity index (χ4n) is 2.68. The van der Waals surface area contributed by atoms with Crippen LogP contribution in [0.4, 0.5) is 0 Å². The molecule has 12 heavy (non-hydrogen) atoms. The largest absolute Gasteiger partial charge is 0.377 e. The van der Waals surface area contributed by atoms with Crippen molar-refractivity contribution in [3.63, 3.8) is 0 Å². The standard InChI is InChI=1S/C10H19NO/c1-2-12-10(6-11)9-4-7-3-8(7)5-9/h7-10H,2-6,11H2,1H3. The molecule has 2 N–H and O–H groups in total. The lowest BCUT2D eigenvalue weighted by atomic mass is 9.97. The van der Waals surface area contributed by atoms with Gasteiger partial charge in [-0.25, -0.2) is 0 Å². The van der Waals surface area contributed by atoms with Gasteiger partial charge in [0.1, 0.15) is 0 Å². The summed E-state index contributed by atoms with van der Waals surface area (Å²) in [6.45, 7) is 3.57. The molecular weight excluding hydrogens is 150 g/mol. The molecule has 0 aromatic rings. The Hall–Kier alpha value is -0.0800. The molecule has 3 atom stereocenters.